The van der Waals surface area contributed by atoms with Crippen LogP contribution in [0.1, 0.15) is 38.7 Å². The van der Waals surface area contributed by atoms with E-state index in [0.717, 1.165) is 30.2 Å². The quantitative estimate of drug-likeness (QED) is 0.670. The molecule has 0 radical (unpaired) electrons. The normalized spacial score (nSPS) is 26.4. The first-order valence-electron chi connectivity index (χ1n) is 7.13. The molecule has 0 saturated heterocycles. The smallest absolute Gasteiger partial charge is 0.269 e. The molecule has 3 unspecified atom stereocenters. The Morgan fingerprint density at radius 1 is 1.35 bits per heavy atom. The predicted octanol–water partition coefficient (Wildman–Crippen LogP) is 4.16. The van der Waals surface area contributed by atoms with Gasteiger partial charge in [-0.05, 0) is 42.7 Å². The van der Waals surface area contributed by atoms with Crippen molar-refractivity contribution in [2.45, 2.75) is 45.7 Å². The van der Waals surface area contributed by atoms with Crippen molar-refractivity contribution in [3.05, 3.63) is 38.9 Å². The highest BCUT2D eigenvalue weighted by Gasteiger charge is 2.24. The monoisotopic (exact) mass is 296 g/mol. The molecule has 1 saturated carbocycles. The highest BCUT2D eigenvalue weighted by molar-refractivity contribution is 6.31. The molecule has 0 spiro atoms. The minimum absolute atomic E-state index is 0.0943. The third-order valence-corrected chi connectivity index (χ3v) is 4.79. The number of non-ortho nitro benzene ring substituents is 1. The average molecular weight is 297 g/mol. The zero-order valence-corrected chi connectivity index (χ0v) is 12.7. The Kier molecular flexibility index (Phi) is 5.00. The van der Waals surface area contributed by atoms with E-state index >= 15 is 0 Å². The Balaban J connectivity index is 1.97. The highest BCUT2D eigenvalue weighted by Crippen LogP contribution is 2.30. The summed E-state index contributed by atoms with van der Waals surface area (Å²) in [4.78, 5) is 10.4. The van der Waals surface area contributed by atoms with E-state index in [-0.39, 0.29) is 10.6 Å². The van der Waals surface area contributed by atoms with Gasteiger partial charge in [0.2, 0.25) is 0 Å². The summed E-state index contributed by atoms with van der Waals surface area (Å²) in [7, 11) is 0. The van der Waals surface area contributed by atoms with Gasteiger partial charge < -0.3 is 5.32 Å². The molecule has 20 heavy (non-hydrogen) atoms. The number of rotatable bonds is 4. The molecular weight excluding hydrogens is 276 g/mol. The molecular formula is C15H21ClN2O2. The van der Waals surface area contributed by atoms with Crippen molar-refractivity contribution in [3.63, 3.8) is 0 Å². The fourth-order valence-corrected chi connectivity index (χ4v) is 2.98. The maximum Gasteiger partial charge on any atom is 0.269 e. The Hall–Kier alpha value is -1.13. The van der Waals surface area contributed by atoms with Crippen LogP contribution >= 0.6 is 11.6 Å². The fraction of sp³-hybridized carbons (Fsp3) is 0.600. The van der Waals surface area contributed by atoms with Crippen molar-refractivity contribution < 1.29 is 4.92 Å². The Morgan fingerprint density at radius 2 is 2.10 bits per heavy atom. The lowest BCUT2D eigenvalue weighted by molar-refractivity contribution is -0.384. The third kappa shape index (κ3) is 3.70. The summed E-state index contributed by atoms with van der Waals surface area (Å²) in [6.45, 7) is 5.18. The molecule has 4 nitrogen and oxygen atoms in total. The second-order valence-electron chi connectivity index (χ2n) is 5.88. The van der Waals surface area contributed by atoms with Crippen molar-refractivity contribution in [2.75, 3.05) is 0 Å². The van der Waals surface area contributed by atoms with Crippen LogP contribution in [0, 0.1) is 22.0 Å². The van der Waals surface area contributed by atoms with E-state index in [1.807, 2.05) is 0 Å². The van der Waals surface area contributed by atoms with Crippen molar-refractivity contribution in [3.8, 4) is 0 Å². The molecule has 0 aromatic heterocycles. The first-order valence-corrected chi connectivity index (χ1v) is 7.51. The van der Waals surface area contributed by atoms with Gasteiger partial charge in [-0.2, -0.15) is 0 Å². The molecule has 1 aromatic rings. The molecule has 1 aliphatic carbocycles. The van der Waals surface area contributed by atoms with Crippen LogP contribution in [-0.2, 0) is 6.54 Å². The number of nitro groups is 1. The molecule has 0 amide bonds. The van der Waals surface area contributed by atoms with Crippen LogP contribution in [0.5, 0.6) is 0 Å². The van der Waals surface area contributed by atoms with Gasteiger partial charge in [0.1, 0.15) is 0 Å². The number of hydrogen-bond donors (Lipinski definition) is 1. The molecule has 1 N–H and O–H groups in total. The van der Waals surface area contributed by atoms with Gasteiger partial charge in [-0.1, -0.05) is 25.4 Å². The van der Waals surface area contributed by atoms with E-state index in [2.05, 4.69) is 19.2 Å². The Bertz CT molecular complexity index is 493. The molecule has 110 valence electrons. The highest BCUT2D eigenvalue weighted by atomic mass is 35.5. The van der Waals surface area contributed by atoms with E-state index in [1.165, 1.54) is 12.5 Å². The van der Waals surface area contributed by atoms with Gasteiger partial charge in [-0.25, -0.2) is 0 Å². The van der Waals surface area contributed by atoms with Crippen molar-refractivity contribution >= 4 is 17.3 Å². The first kappa shape index (κ1) is 15.3. The second-order valence-corrected chi connectivity index (χ2v) is 6.29. The van der Waals surface area contributed by atoms with Gasteiger partial charge in [-0.3, -0.25) is 10.1 Å². The van der Waals surface area contributed by atoms with Crippen LogP contribution in [0.4, 0.5) is 5.69 Å². The largest absolute Gasteiger partial charge is 0.310 e. The Labute approximate surface area is 124 Å². The maximum absolute atomic E-state index is 10.8. The third-order valence-electron chi connectivity index (χ3n) is 4.42. The standard InChI is InChI=1S/C15H21ClN2O2/c1-10-3-4-13(7-11(10)2)17-9-12-8-14(18(19)20)5-6-15(12)16/h5-6,8,10-11,13,17H,3-4,7,9H2,1-2H3. The lowest BCUT2D eigenvalue weighted by Crippen LogP contribution is -2.35. The average Bonchev–Trinajstić information content (AvgIpc) is 2.41. The topological polar surface area (TPSA) is 55.2 Å². The van der Waals surface area contributed by atoms with Gasteiger partial charge >= 0.3 is 0 Å². The zero-order valence-electron chi connectivity index (χ0n) is 11.9. The van der Waals surface area contributed by atoms with E-state index < -0.39 is 0 Å². The summed E-state index contributed by atoms with van der Waals surface area (Å²) >= 11 is 6.11. The SMILES string of the molecule is CC1CCC(NCc2cc([N+](=O)[O-])ccc2Cl)CC1C. The number of nitro benzene ring substituents is 1. The molecule has 0 heterocycles. The molecule has 0 aliphatic heterocycles. The molecule has 0 bridgehead atoms. The number of nitrogens with zero attached hydrogens (tertiary/aromatic N) is 1. The van der Waals surface area contributed by atoms with E-state index in [4.69, 9.17) is 11.6 Å². The van der Waals surface area contributed by atoms with Crippen molar-refractivity contribution in [1.82, 2.24) is 5.32 Å². The number of hydrogen-bond acceptors (Lipinski definition) is 3. The minimum atomic E-state index is -0.385. The summed E-state index contributed by atoms with van der Waals surface area (Å²) in [5.41, 5.74) is 0.893. The van der Waals surface area contributed by atoms with Gasteiger partial charge in [0.25, 0.3) is 5.69 Å². The summed E-state index contributed by atoms with van der Waals surface area (Å²) < 4.78 is 0. The fourth-order valence-electron chi connectivity index (χ4n) is 2.80. The molecule has 5 heteroatoms. The molecule has 1 aliphatic rings. The molecule has 3 atom stereocenters. The molecule has 2 rings (SSSR count). The predicted molar refractivity (Wildman–Crippen MR) is 80.9 cm³/mol. The lowest BCUT2D eigenvalue weighted by atomic mass is 9.79. The first-order chi connectivity index (χ1) is 9.47. The Morgan fingerprint density at radius 3 is 2.75 bits per heavy atom. The second kappa shape index (κ2) is 6.55. The summed E-state index contributed by atoms with van der Waals surface area (Å²) in [5, 5.41) is 14.9. The summed E-state index contributed by atoms with van der Waals surface area (Å²) in [5.74, 6) is 1.51. The van der Waals surface area contributed by atoms with E-state index in [9.17, 15) is 10.1 Å². The van der Waals surface area contributed by atoms with Gasteiger partial charge in [0.05, 0.1) is 4.92 Å². The van der Waals surface area contributed by atoms with Gasteiger partial charge in [-0.15, -0.1) is 0 Å². The van der Waals surface area contributed by atoms with Crippen LogP contribution in [0.15, 0.2) is 18.2 Å². The minimum Gasteiger partial charge on any atom is -0.310 e. The van der Waals surface area contributed by atoms with E-state index in [0.29, 0.717) is 17.6 Å². The van der Waals surface area contributed by atoms with Crippen LogP contribution in [0.3, 0.4) is 0 Å². The summed E-state index contributed by atoms with van der Waals surface area (Å²) in [6.07, 6.45) is 3.56. The lowest BCUT2D eigenvalue weighted by Gasteiger charge is -2.32. The van der Waals surface area contributed by atoms with Crippen LogP contribution < -0.4 is 5.32 Å². The maximum atomic E-state index is 10.8. The van der Waals surface area contributed by atoms with Crippen molar-refractivity contribution in [2.24, 2.45) is 11.8 Å². The number of benzene rings is 1. The number of halogens is 1. The van der Waals surface area contributed by atoms with Crippen LogP contribution in [0.2, 0.25) is 5.02 Å². The van der Waals surface area contributed by atoms with Crippen LogP contribution in [-0.4, -0.2) is 11.0 Å². The zero-order chi connectivity index (χ0) is 14.7. The van der Waals surface area contributed by atoms with E-state index in [1.54, 1.807) is 12.1 Å². The summed E-state index contributed by atoms with van der Waals surface area (Å²) in [6, 6.07) is 5.08. The molecule has 1 fully saturated rings. The number of nitrogens with one attached hydrogen (secondary N) is 1. The van der Waals surface area contributed by atoms with Crippen LogP contribution in [0.25, 0.3) is 0 Å². The van der Waals surface area contributed by atoms with Crippen molar-refractivity contribution in [1.29, 1.82) is 0 Å². The van der Waals surface area contributed by atoms with Gasteiger partial charge in [0, 0.05) is 29.7 Å². The van der Waals surface area contributed by atoms with Gasteiger partial charge in [0.15, 0.2) is 0 Å². The molecule has 1 aromatic carbocycles.